The van der Waals surface area contributed by atoms with Crippen molar-refractivity contribution in [3.8, 4) is 12.1 Å². The van der Waals surface area contributed by atoms with E-state index in [1.54, 1.807) is 25.2 Å². The summed E-state index contributed by atoms with van der Waals surface area (Å²) in [5, 5.41) is 24.2. The third-order valence-electron chi connectivity index (χ3n) is 2.44. The Bertz CT molecular complexity index is 717. The topological polar surface area (TPSA) is 94.5 Å². The molecule has 0 bridgehead atoms. The van der Waals surface area contributed by atoms with Crippen molar-refractivity contribution in [2.75, 3.05) is 5.32 Å². The number of hydrogen-bond donors (Lipinski definition) is 1. The van der Waals surface area contributed by atoms with E-state index in [0.717, 1.165) is 0 Å². The van der Waals surface area contributed by atoms with Gasteiger partial charge in [-0.25, -0.2) is 0 Å². The molecule has 0 aliphatic carbocycles. The highest BCUT2D eigenvalue weighted by molar-refractivity contribution is 6.04. The van der Waals surface area contributed by atoms with Crippen LogP contribution in [0, 0.1) is 22.7 Å². The monoisotopic (exact) mass is 251 g/mol. The van der Waals surface area contributed by atoms with E-state index in [1.165, 1.54) is 16.9 Å². The van der Waals surface area contributed by atoms with Crippen molar-refractivity contribution < 1.29 is 4.79 Å². The molecule has 1 N–H and O–H groups in total. The van der Waals surface area contributed by atoms with Crippen LogP contribution in [0.1, 0.15) is 21.5 Å². The van der Waals surface area contributed by atoms with Crippen LogP contribution in [0.4, 0.5) is 5.82 Å². The van der Waals surface area contributed by atoms with Gasteiger partial charge >= 0.3 is 0 Å². The van der Waals surface area contributed by atoms with Gasteiger partial charge in [0.2, 0.25) is 0 Å². The summed E-state index contributed by atoms with van der Waals surface area (Å²) in [5.41, 5.74) is 1.02. The number of rotatable bonds is 2. The van der Waals surface area contributed by atoms with Crippen molar-refractivity contribution in [1.82, 2.24) is 9.78 Å². The minimum Gasteiger partial charge on any atom is -0.304 e. The van der Waals surface area contributed by atoms with E-state index in [1.807, 2.05) is 12.1 Å². The first-order valence-electron chi connectivity index (χ1n) is 5.39. The Morgan fingerprint density at radius 3 is 2.84 bits per heavy atom. The number of benzene rings is 1. The number of aryl methyl sites for hydroxylation is 1. The zero-order chi connectivity index (χ0) is 13.8. The molecule has 1 aromatic heterocycles. The SMILES string of the molecule is Cn1cc(C#N)c(NC(=O)c2cccc(C#N)c2)n1. The third-order valence-corrected chi connectivity index (χ3v) is 2.44. The summed E-state index contributed by atoms with van der Waals surface area (Å²) >= 11 is 0. The van der Waals surface area contributed by atoms with Crippen molar-refractivity contribution in [3.63, 3.8) is 0 Å². The molecule has 2 aromatic rings. The van der Waals surface area contributed by atoms with Gasteiger partial charge in [0.25, 0.3) is 5.91 Å². The van der Waals surface area contributed by atoms with E-state index < -0.39 is 5.91 Å². The van der Waals surface area contributed by atoms with E-state index >= 15 is 0 Å². The van der Waals surface area contributed by atoms with Crippen molar-refractivity contribution in [2.45, 2.75) is 0 Å². The van der Waals surface area contributed by atoms with Gasteiger partial charge in [-0.15, -0.1) is 0 Å². The molecule has 0 aliphatic heterocycles. The molecule has 1 amide bonds. The summed E-state index contributed by atoms with van der Waals surface area (Å²) in [6.45, 7) is 0. The van der Waals surface area contributed by atoms with Crippen molar-refractivity contribution >= 4 is 11.7 Å². The Morgan fingerprint density at radius 2 is 2.16 bits per heavy atom. The zero-order valence-corrected chi connectivity index (χ0v) is 10.1. The quantitative estimate of drug-likeness (QED) is 0.873. The molecule has 0 aliphatic rings. The van der Waals surface area contributed by atoms with Gasteiger partial charge in [0.15, 0.2) is 5.82 Å². The Kier molecular flexibility index (Phi) is 3.26. The average Bonchev–Trinajstić information content (AvgIpc) is 2.78. The lowest BCUT2D eigenvalue weighted by Crippen LogP contribution is -2.13. The van der Waals surface area contributed by atoms with Gasteiger partial charge in [0.05, 0.1) is 11.6 Å². The second kappa shape index (κ2) is 5.03. The predicted molar refractivity (Wildman–Crippen MR) is 67.0 cm³/mol. The summed E-state index contributed by atoms with van der Waals surface area (Å²) in [6.07, 6.45) is 1.52. The molecule has 1 aromatic carbocycles. The lowest BCUT2D eigenvalue weighted by atomic mass is 10.1. The number of nitrogens with zero attached hydrogens (tertiary/aromatic N) is 4. The van der Waals surface area contributed by atoms with Gasteiger partial charge in [0, 0.05) is 18.8 Å². The molecule has 6 nitrogen and oxygen atoms in total. The highest BCUT2D eigenvalue weighted by Crippen LogP contribution is 2.13. The van der Waals surface area contributed by atoms with Crippen LogP contribution in [-0.2, 0) is 7.05 Å². The molecule has 92 valence electrons. The number of nitriles is 2. The molecule has 2 rings (SSSR count). The Balaban J connectivity index is 2.26. The Morgan fingerprint density at radius 1 is 1.37 bits per heavy atom. The second-order valence-corrected chi connectivity index (χ2v) is 3.82. The number of carbonyl (C=O) groups excluding carboxylic acids is 1. The molecule has 0 atom stereocenters. The first-order valence-corrected chi connectivity index (χ1v) is 5.39. The summed E-state index contributed by atoms with van der Waals surface area (Å²) in [6, 6.07) is 10.2. The van der Waals surface area contributed by atoms with Crippen LogP contribution in [0.15, 0.2) is 30.5 Å². The maximum atomic E-state index is 12.0. The van der Waals surface area contributed by atoms with Gasteiger partial charge in [-0.3, -0.25) is 9.48 Å². The van der Waals surface area contributed by atoms with Crippen LogP contribution in [-0.4, -0.2) is 15.7 Å². The fraction of sp³-hybridized carbons (Fsp3) is 0.0769. The molecule has 0 fully saturated rings. The van der Waals surface area contributed by atoms with E-state index in [2.05, 4.69) is 10.4 Å². The largest absolute Gasteiger partial charge is 0.304 e. The van der Waals surface area contributed by atoms with E-state index in [0.29, 0.717) is 11.1 Å². The second-order valence-electron chi connectivity index (χ2n) is 3.82. The van der Waals surface area contributed by atoms with Gasteiger partial charge in [0.1, 0.15) is 11.6 Å². The van der Waals surface area contributed by atoms with Crippen LogP contribution in [0.3, 0.4) is 0 Å². The minimum atomic E-state index is -0.410. The molecule has 6 heteroatoms. The number of amides is 1. The molecule has 0 saturated heterocycles. The standard InChI is InChI=1S/C13H9N5O/c1-18-8-11(7-15)12(17-18)16-13(19)10-4-2-3-9(5-10)6-14/h2-5,8H,1H3,(H,16,17,19). The summed E-state index contributed by atoms with van der Waals surface area (Å²) < 4.78 is 1.44. The van der Waals surface area contributed by atoms with Gasteiger partial charge in [-0.1, -0.05) is 6.07 Å². The zero-order valence-electron chi connectivity index (χ0n) is 10.1. The molecule has 0 unspecified atom stereocenters. The van der Waals surface area contributed by atoms with Gasteiger partial charge < -0.3 is 5.32 Å². The molecule has 0 saturated carbocycles. The summed E-state index contributed by atoms with van der Waals surface area (Å²) in [7, 11) is 1.66. The van der Waals surface area contributed by atoms with Crippen LogP contribution < -0.4 is 5.32 Å². The summed E-state index contributed by atoms with van der Waals surface area (Å²) in [4.78, 5) is 12.0. The van der Waals surface area contributed by atoms with Gasteiger partial charge in [-0.2, -0.15) is 15.6 Å². The first-order chi connectivity index (χ1) is 9.13. The smallest absolute Gasteiger partial charge is 0.256 e. The number of hydrogen-bond acceptors (Lipinski definition) is 4. The van der Waals surface area contributed by atoms with Crippen molar-refractivity contribution in [3.05, 3.63) is 47.2 Å². The summed E-state index contributed by atoms with van der Waals surface area (Å²) in [5.74, 6) is -0.204. The fourth-order valence-electron chi connectivity index (χ4n) is 1.57. The molecule has 1 heterocycles. The number of anilines is 1. The molecular weight excluding hydrogens is 242 g/mol. The maximum Gasteiger partial charge on any atom is 0.256 e. The number of aromatic nitrogens is 2. The predicted octanol–water partition coefficient (Wildman–Crippen LogP) is 1.42. The lowest BCUT2D eigenvalue weighted by molar-refractivity contribution is 0.102. The normalized spacial score (nSPS) is 9.42. The van der Waals surface area contributed by atoms with Crippen LogP contribution in [0.5, 0.6) is 0 Å². The Labute approximate surface area is 109 Å². The van der Waals surface area contributed by atoms with Crippen LogP contribution in [0.2, 0.25) is 0 Å². The van der Waals surface area contributed by atoms with Crippen LogP contribution >= 0.6 is 0 Å². The lowest BCUT2D eigenvalue weighted by Gasteiger charge is -2.02. The van der Waals surface area contributed by atoms with E-state index in [-0.39, 0.29) is 11.4 Å². The van der Waals surface area contributed by atoms with Gasteiger partial charge in [-0.05, 0) is 18.2 Å². The fourth-order valence-corrected chi connectivity index (χ4v) is 1.57. The number of carbonyl (C=O) groups is 1. The van der Waals surface area contributed by atoms with Crippen molar-refractivity contribution in [1.29, 1.82) is 10.5 Å². The van der Waals surface area contributed by atoms with Crippen LogP contribution in [0.25, 0.3) is 0 Å². The van der Waals surface area contributed by atoms with E-state index in [4.69, 9.17) is 10.5 Å². The molecule has 0 spiro atoms. The number of nitrogens with one attached hydrogen (secondary N) is 1. The third kappa shape index (κ3) is 2.59. The molecular formula is C13H9N5O. The average molecular weight is 251 g/mol. The Hall–Kier alpha value is -3.12. The highest BCUT2D eigenvalue weighted by atomic mass is 16.1. The minimum absolute atomic E-state index is 0.206. The molecule has 19 heavy (non-hydrogen) atoms. The molecule has 0 radical (unpaired) electrons. The first kappa shape index (κ1) is 12.3. The van der Waals surface area contributed by atoms with Crippen molar-refractivity contribution in [2.24, 2.45) is 7.05 Å². The maximum absolute atomic E-state index is 12.0. The highest BCUT2D eigenvalue weighted by Gasteiger charge is 2.12. The van der Waals surface area contributed by atoms with E-state index in [9.17, 15) is 4.79 Å².